The number of aliphatic hydroxyl groups excluding tert-OH is 1. The van der Waals surface area contributed by atoms with E-state index in [9.17, 15) is 10.2 Å². The smallest absolute Gasteiger partial charge is 0.115 e. The molecule has 3 nitrogen and oxygen atoms in total. The molecular weight excluding hydrogens is 190 g/mol. The summed E-state index contributed by atoms with van der Waals surface area (Å²) in [4.78, 5) is 0. The number of aliphatic hydroxyl groups is 1. The first-order valence-corrected chi connectivity index (χ1v) is 5.43. The molecule has 0 spiro atoms. The lowest BCUT2D eigenvalue weighted by atomic mass is 10.00. The molecule has 3 N–H and O–H groups in total. The van der Waals surface area contributed by atoms with Crippen LogP contribution in [0.1, 0.15) is 24.3 Å². The highest BCUT2D eigenvalue weighted by Gasteiger charge is 2.22. The fourth-order valence-corrected chi connectivity index (χ4v) is 1.66. The van der Waals surface area contributed by atoms with Gasteiger partial charge < -0.3 is 15.5 Å². The third-order valence-electron chi connectivity index (χ3n) is 2.79. The maximum Gasteiger partial charge on any atom is 0.115 e. The van der Waals surface area contributed by atoms with Crippen molar-refractivity contribution in [2.75, 3.05) is 13.2 Å². The Kier molecular flexibility index (Phi) is 3.23. The Morgan fingerprint density at radius 2 is 2.20 bits per heavy atom. The van der Waals surface area contributed by atoms with E-state index >= 15 is 0 Å². The Hall–Kier alpha value is -1.06. The van der Waals surface area contributed by atoms with Crippen LogP contribution in [0.4, 0.5) is 0 Å². The van der Waals surface area contributed by atoms with Gasteiger partial charge in [0, 0.05) is 18.5 Å². The number of rotatable bonds is 5. The van der Waals surface area contributed by atoms with Crippen LogP contribution in [0.2, 0.25) is 0 Å². The minimum Gasteiger partial charge on any atom is -0.508 e. The first-order chi connectivity index (χ1) is 7.29. The zero-order valence-corrected chi connectivity index (χ0v) is 8.69. The van der Waals surface area contributed by atoms with Crippen molar-refractivity contribution in [3.63, 3.8) is 0 Å². The van der Waals surface area contributed by atoms with E-state index < -0.39 is 0 Å². The predicted octanol–water partition coefficient (Wildman–Crippen LogP) is 1.22. The largest absolute Gasteiger partial charge is 0.508 e. The Labute approximate surface area is 89.8 Å². The van der Waals surface area contributed by atoms with Gasteiger partial charge in [0.25, 0.3) is 0 Å². The summed E-state index contributed by atoms with van der Waals surface area (Å²) < 4.78 is 0. The molecular formula is C12H17NO2. The minimum absolute atomic E-state index is 0.0812. The topological polar surface area (TPSA) is 52.5 Å². The van der Waals surface area contributed by atoms with Gasteiger partial charge in [-0.05, 0) is 30.5 Å². The third-order valence-corrected chi connectivity index (χ3v) is 2.79. The van der Waals surface area contributed by atoms with Crippen molar-refractivity contribution in [2.45, 2.75) is 24.8 Å². The molecule has 1 atom stereocenters. The molecule has 15 heavy (non-hydrogen) atoms. The highest BCUT2D eigenvalue weighted by molar-refractivity contribution is 5.30. The van der Waals surface area contributed by atoms with Crippen molar-refractivity contribution < 1.29 is 10.2 Å². The standard InChI is InChI=1S/C12H17NO2/c14-8-10(7-13-11-4-5-11)9-2-1-3-12(15)6-9/h1-3,6,10-11,13-15H,4-5,7-8H2. The Balaban J connectivity index is 1.97. The Bertz CT molecular complexity index is 323. The van der Waals surface area contributed by atoms with Crippen LogP contribution in [0.5, 0.6) is 5.75 Å². The van der Waals surface area contributed by atoms with E-state index in [0.29, 0.717) is 6.04 Å². The van der Waals surface area contributed by atoms with Crippen molar-refractivity contribution >= 4 is 0 Å². The van der Waals surface area contributed by atoms with Gasteiger partial charge in [-0.15, -0.1) is 0 Å². The summed E-state index contributed by atoms with van der Waals surface area (Å²) in [5.41, 5.74) is 0.991. The molecule has 1 aliphatic carbocycles. The van der Waals surface area contributed by atoms with Gasteiger partial charge in [0.15, 0.2) is 0 Å². The molecule has 1 saturated carbocycles. The summed E-state index contributed by atoms with van der Waals surface area (Å²) in [5.74, 6) is 0.343. The van der Waals surface area contributed by atoms with Gasteiger partial charge in [0.05, 0.1) is 6.61 Å². The molecule has 0 bridgehead atoms. The van der Waals surface area contributed by atoms with E-state index in [1.807, 2.05) is 12.1 Å². The van der Waals surface area contributed by atoms with Crippen LogP contribution < -0.4 is 5.32 Å². The number of benzene rings is 1. The van der Waals surface area contributed by atoms with Crippen molar-refractivity contribution in [2.24, 2.45) is 0 Å². The van der Waals surface area contributed by atoms with E-state index in [4.69, 9.17) is 0 Å². The van der Waals surface area contributed by atoms with Gasteiger partial charge >= 0.3 is 0 Å². The number of nitrogens with one attached hydrogen (secondary N) is 1. The van der Waals surface area contributed by atoms with Crippen LogP contribution in [0.15, 0.2) is 24.3 Å². The van der Waals surface area contributed by atoms with Crippen LogP contribution in [0.3, 0.4) is 0 Å². The first-order valence-electron chi connectivity index (χ1n) is 5.43. The van der Waals surface area contributed by atoms with E-state index in [0.717, 1.165) is 12.1 Å². The lowest BCUT2D eigenvalue weighted by molar-refractivity contribution is 0.261. The molecule has 1 unspecified atom stereocenters. The van der Waals surface area contributed by atoms with Crippen molar-refractivity contribution in [3.8, 4) is 5.75 Å². The van der Waals surface area contributed by atoms with Crippen LogP contribution in [0.25, 0.3) is 0 Å². The van der Waals surface area contributed by atoms with Gasteiger partial charge in [-0.25, -0.2) is 0 Å². The summed E-state index contributed by atoms with van der Waals surface area (Å²) in [6.07, 6.45) is 2.50. The number of phenols is 1. The van der Waals surface area contributed by atoms with Crippen LogP contribution in [0, 0.1) is 0 Å². The molecule has 1 aliphatic rings. The highest BCUT2D eigenvalue weighted by atomic mass is 16.3. The molecule has 1 aromatic carbocycles. The van der Waals surface area contributed by atoms with Crippen LogP contribution in [-0.4, -0.2) is 29.4 Å². The lowest BCUT2D eigenvalue weighted by Gasteiger charge is -2.15. The summed E-state index contributed by atoms with van der Waals surface area (Å²) in [6, 6.07) is 7.76. The summed E-state index contributed by atoms with van der Waals surface area (Å²) >= 11 is 0. The monoisotopic (exact) mass is 207 g/mol. The highest BCUT2D eigenvalue weighted by Crippen LogP contribution is 2.22. The van der Waals surface area contributed by atoms with Gasteiger partial charge in [0.1, 0.15) is 5.75 Å². The fraction of sp³-hybridized carbons (Fsp3) is 0.500. The van der Waals surface area contributed by atoms with Gasteiger partial charge in [0.2, 0.25) is 0 Å². The van der Waals surface area contributed by atoms with Crippen molar-refractivity contribution in [3.05, 3.63) is 29.8 Å². The van der Waals surface area contributed by atoms with Gasteiger partial charge in [-0.3, -0.25) is 0 Å². The van der Waals surface area contributed by atoms with E-state index in [1.165, 1.54) is 12.8 Å². The van der Waals surface area contributed by atoms with Crippen molar-refractivity contribution in [1.82, 2.24) is 5.32 Å². The number of aromatic hydroxyl groups is 1. The van der Waals surface area contributed by atoms with E-state index in [2.05, 4.69) is 5.32 Å². The van der Waals surface area contributed by atoms with E-state index in [-0.39, 0.29) is 18.3 Å². The predicted molar refractivity (Wildman–Crippen MR) is 59.0 cm³/mol. The van der Waals surface area contributed by atoms with Gasteiger partial charge in [-0.2, -0.15) is 0 Å². The summed E-state index contributed by atoms with van der Waals surface area (Å²) in [5, 5.41) is 22.0. The number of phenolic OH excluding ortho intramolecular Hbond substituents is 1. The SMILES string of the molecule is OCC(CNC1CC1)c1cccc(O)c1. The molecule has 0 radical (unpaired) electrons. The number of hydrogen-bond donors (Lipinski definition) is 3. The normalized spacial score (nSPS) is 17.7. The lowest BCUT2D eigenvalue weighted by Crippen LogP contribution is -2.25. The Morgan fingerprint density at radius 3 is 2.80 bits per heavy atom. The quantitative estimate of drug-likeness (QED) is 0.680. The second kappa shape index (κ2) is 4.64. The average Bonchev–Trinajstić information content (AvgIpc) is 3.03. The third kappa shape index (κ3) is 2.94. The number of hydrogen-bond acceptors (Lipinski definition) is 3. The summed E-state index contributed by atoms with van der Waals surface area (Å²) in [6.45, 7) is 0.897. The second-order valence-corrected chi connectivity index (χ2v) is 4.16. The first kappa shape index (κ1) is 10.5. The fourth-order valence-electron chi connectivity index (χ4n) is 1.66. The molecule has 0 saturated heterocycles. The maximum absolute atomic E-state index is 9.35. The van der Waals surface area contributed by atoms with Crippen molar-refractivity contribution in [1.29, 1.82) is 0 Å². The molecule has 2 rings (SSSR count). The van der Waals surface area contributed by atoms with E-state index in [1.54, 1.807) is 12.1 Å². The molecule has 0 aliphatic heterocycles. The zero-order chi connectivity index (χ0) is 10.7. The second-order valence-electron chi connectivity index (χ2n) is 4.16. The molecule has 1 fully saturated rings. The minimum atomic E-state index is 0.0812. The molecule has 0 aromatic heterocycles. The summed E-state index contributed by atoms with van der Waals surface area (Å²) in [7, 11) is 0. The van der Waals surface area contributed by atoms with Crippen LogP contribution >= 0.6 is 0 Å². The van der Waals surface area contributed by atoms with Gasteiger partial charge in [-0.1, -0.05) is 12.1 Å². The average molecular weight is 207 g/mol. The molecule has 0 amide bonds. The Morgan fingerprint density at radius 1 is 1.40 bits per heavy atom. The molecule has 0 heterocycles. The molecule has 3 heteroatoms. The van der Waals surface area contributed by atoms with Crippen LogP contribution in [-0.2, 0) is 0 Å². The maximum atomic E-state index is 9.35. The zero-order valence-electron chi connectivity index (χ0n) is 8.69. The molecule has 1 aromatic rings. The molecule has 82 valence electrons.